The molecular formula is C23H15F6N5O. The summed E-state index contributed by atoms with van der Waals surface area (Å²) >= 11 is 0. The fourth-order valence-electron chi connectivity index (χ4n) is 2.93. The minimum absolute atomic E-state index is 0.0435. The zero-order chi connectivity index (χ0) is 24.9. The van der Waals surface area contributed by atoms with Crippen molar-refractivity contribution in [2.75, 3.05) is 10.6 Å². The minimum Gasteiger partial charge on any atom is -0.418 e. The van der Waals surface area contributed by atoms with E-state index in [2.05, 4.69) is 25.6 Å². The highest BCUT2D eigenvalue weighted by Gasteiger charge is 2.28. The fourth-order valence-corrected chi connectivity index (χ4v) is 2.93. The van der Waals surface area contributed by atoms with Crippen molar-refractivity contribution in [3.63, 3.8) is 0 Å². The standard InChI is InChI=1S/C23H15F6N5O/c24-14-8-4-7-13(9-14)11-31-22-32-21(30-10-12-5-2-1-3-6-12)33-23(34-22)35-20-18(28)16(26)15(25)17(27)19(20)29/h1-9H,10-11H2,(H2,30,31,32,33,34). The lowest BCUT2D eigenvalue weighted by Crippen LogP contribution is -2.11. The Hall–Kier alpha value is -4.35. The lowest BCUT2D eigenvalue weighted by Gasteiger charge is -2.12. The van der Waals surface area contributed by atoms with Crippen molar-refractivity contribution in [1.29, 1.82) is 0 Å². The molecule has 6 nitrogen and oxygen atoms in total. The van der Waals surface area contributed by atoms with Gasteiger partial charge in [-0.25, -0.2) is 17.6 Å². The monoisotopic (exact) mass is 491 g/mol. The summed E-state index contributed by atoms with van der Waals surface area (Å²) < 4.78 is 86.9. The van der Waals surface area contributed by atoms with Gasteiger partial charge < -0.3 is 15.4 Å². The van der Waals surface area contributed by atoms with E-state index in [4.69, 9.17) is 4.74 Å². The molecule has 35 heavy (non-hydrogen) atoms. The van der Waals surface area contributed by atoms with E-state index < -0.39 is 46.7 Å². The van der Waals surface area contributed by atoms with E-state index in [0.29, 0.717) is 5.56 Å². The van der Waals surface area contributed by atoms with Gasteiger partial charge in [0.15, 0.2) is 0 Å². The van der Waals surface area contributed by atoms with Crippen LogP contribution in [0.3, 0.4) is 0 Å². The topological polar surface area (TPSA) is 72.0 Å². The maximum absolute atomic E-state index is 14.1. The average Bonchev–Trinajstić information content (AvgIpc) is 2.87. The number of ether oxygens (including phenoxy) is 1. The van der Waals surface area contributed by atoms with Crippen LogP contribution in [0.25, 0.3) is 0 Å². The van der Waals surface area contributed by atoms with E-state index in [1.807, 2.05) is 18.2 Å². The van der Waals surface area contributed by atoms with Crippen LogP contribution in [0.15, 0.2) is 54.6 Å². The van der Waals surface area contributed by atoms with Crippen LogP contribution in [0.2, 0.25) is 0 Å². The predicted octanol–water partition coefficient (Wildman–Crippen LogP) is 5.72. The number of hydrogen-bond donors (Lipinski definition) is 2. The van der Waals surface area contributed by atoms with Crippen LogP contribution in [0.5, 0.6) is 11.8 Å². The average molecular weight is 491 g/mol. The first-order valence-corrected chi connectivity index (χ1v) is 10.0. The molecule has 0 aliphatic carbocycles. The van der Waals surface area contributed by atoms with Gasteiger partial charge in [-0.2, -0.15) is 23.7 Å². The van der Waals surface area contributed by atoms with Crippen LogP contribution in [-0.4, -0.2) is 15.0 Å². The highest BCUT2D eigenvalue weighted by Crippen LogP contribution is 2.32. The number of rotatable bonds is 8. The third-order valence-electron chi connectivity index (χ3n) is 4.61. The van der Waals surface area contributed by atoms with Crippen LogP contribution in [0.4, 0.5) is 38.2 Å². The van der Waals surface area contributed by atoms with Crippen molar-refractivity contribution in [3.05, 3.63) is 101 Å². The molecule has 4 rings (SSSR count). The van der Waals surface area contributed by atoms with E-state index in [1.165, 1.54) is 18.2 Å². The molecule has 0 radical (unpaired) electrons. The number of aromatic nitrogens is 3. The number of nitrogens with zero attached hydrogens (tertiary/aromatic N) is 3. The highest BCUT2D eigenvalue weighted by atomic mass is 19.2. The van der Waals surface area contributed by atoms with E-state index in [0.717, 1.165) is 5.56 Å². The number of benzene rings is 3. The molecule has 0 aliphatic rings. The number of halogens is 6. The van der Waals surface area contributed by atoms with Gasteiger partial charge in [0.2, 0.25) is 46.7 Å². The summed E-state index contributed by atoms with van der Waals surface area (Å²) in [7, 11) is 0. The summed E-state index contributed by atoms with van der Waals surface area (Å²) in [5.74, 6) is -13.4. The quantitative estimate of drug-likeness (QED) is 0.187. The Morgan fingerprint density at radius 2 is 1.14 bits per heavy atom. The molecule has 12 heteroatoms. The lowest BCUT2D eigenvalue weighted by molar-refractivity contribution is 0.322. The van der Waals surface area contributed by atoms with Crippen molar-refractivity contribution in [3.8, 4) is 11.8 Å². The van der Waals surface area contributed by atoms with Gasteiger partial charge in [0, 0.05) is 13.1 Å². The maximum atomic E-state index is 14.1. The minimum atomic E-state index is -2.33. The Balaban J connectivity index is 1.64. The zero-order valence-corrected chi connectivity index (χ0v) is 17.6. The summed E-state index contributed by atoms with van der Waals surface area (Å²) in [6.07, 6.45) is 0. The third kappa shape index (κ3) is 5.60. The second-order valence-corrected chi connectivity index (χ2v) is 7.09. The second kappa shape index (κ2) is 10.3. The van der Waals surface area contributed by atoms with E-state index in [1.54, 1.807) is 18.2 Å². The Bertz CT molecular complexity index is 1330. The maximum Gasteiger partial charge on any atom is 0.328 e. The van der Waals surface area contributed by atoms with E-state index in [9.17, 15) is 26.3 Å². The Kier molecular flexibility index (Phi) is 6.99. The van der Waals surface area contributed by atoms with Crippen LogP contribution in [0, 0.1) is 34.9 Å². The Morgan fingerprint density at radius 1 is 0.600 bits per heavy atom. The molecule has 4 aromatic rings. The smallest absolute Gasteiger partial charge is 0.328 e. The van der Waals surface area contributed by atoms with Crippen molar-refractivity contribution >= 4 is 11.9 Å². The van der Waals surface area contributed by atoms with Gasteiger partial charge in [0.1, 0.15) is 5.82 Å². The first kappa shape index (κ1) is 23.8. The van der Waals surface area contributed by atoms with Gasteiger partial charge in [0.05, 0.1) is 0 Å². The SMILES string of the molecule is Fc1cccc(CNc2nc(NCc3ccccc3)nc(Oc3c(F)c(F)c(F)c(F)c3F)n2)c1. The summed E-state index contributed by atoms with van der Waals surface area (Å²) in [6, 6.07) is 13.9. The molecule has 0 saturated carbocycles. The molecule has 0 unspecified atom stereocenters. The normalized spacial score (nSPS) is 10.8. The van der Waals surface area contributed by atoms with Gasteiger partial charge in [-0.3, -0.25) is 0 Å². The van der Waals surface area contributed by atoms with Crippen molar-refractivity contribution in [2.24, 2.45) is 0 Å². The third-order valence-corrected chi connectivity index (χ3v) is 4.61. The van der Waals surface area contributed by atoms with Crippen LogP contribution in [0.1, 0.15) is 11.1 Å². The summed E-state index contributed by atoms with van der Waals surface area (Å²) in [5.41, 5.74) is 1.36. The fraction of sp³-hybridized carbons (Fsp3) is 0.0870. The second-order valence-electron chi connectivity index (χ2n) is 7.09. The van der Waals surface area contributed by atoms with E-state index in [-0.39, 0.29) is 25.0 Å². The zero-order valence-electron chi connectivity index (χ0n) is 17.6. The molecule has 0 aliphatic heterocycles. The summed E-state index contributed by atoms with van der Waals surface area (Å²) in [4.78, 5) is 11.8. The molecule has 180 valence electrons. The Labute approximate surface area is 194 Å². The van der Waals surface area contributed by atoms with Gasteiger partial charge in [-0.05, 0) is 23.3 Å². The van der Waals surface area contributed by atoms with Crippen molar-refractivity contribution in [2.45, 2.75) is 13.1 Å². The van der Waals surface area contributed by atoms with E-state index >= 15 is 0 Å². The molecule has 2 N–H and O–H groups in total. The molecular weight excluding hydrogens is 476 g/mol. The molecule has 3 aromatic carbocycles. The van der Waals surface area contributed by atoms with Gasteiger partial charge in [0.25, 0.3) is 0 Å². The molecule has 0 saturated heterocycles. The molecule has 0 fully saturated rings. The molecule has 0 bridgehead atoms. The first-order chi connectivity index (χ1) is 16.8. The lowest BCUT2D eigenvalue weighted by atomic mass is 10.2. The van der Waals surface area contributed by atoms with Crippen molar-refractivity contribution < 1.29 is 31.1 Å². The van der Waals surface area contributed by atoms with Gasteiger partial charge in [-0.1, -0.05) is 42.5 Å². The predicted molar refractivity (Wildman–Crippen MR) is 114 cm³/mol. The summed E-state index contributed by atoms with van der Waals surface area (Å²) in [5, 5.41) is 5.63. The Morgan fingerprint density at radius 3 is 1.74 bits per heavy atom. The molecule has 0 atom stereocenters. The number of nitrogens with one attached hydrogen (secondary N) is 2. The molecule has 1 aromatic heterocycles. The van der Waals surface area contributed by atoms with Crippen molar-refractivity contribution in [1.82, 2.24) is 15.0 Å². The first-order valence-electron chi connectivity index (χ1n) is 10.0. The molecule has 0 amide bonds. The highest BCUT2D eigenvalue weighted by molar-refractivity contribution is 5.39. The van der Waals surface area contributed by atoms with Gasteiger partial charge >= 0.3 is 6.01 Å². The van der Waals surface area contributed by atoms with Crippen LogP contribution < -0.4 is 15.4 Å². The largest absolute Gasteiger partial charge is 0.418 e. The van der Waals surface area contributed by atoms with Crippen LogP contribution in [-0.2, 0) is 13.1 Å². The molecule has 0 spiro atoms. The number of hydrogen-bond acceptors (Lipinski definition) is 6. The summed E-state index contributed by atoms with van der Waals surface area (Å²) in [6.45, 7) is 0.276. The molecule has 1 heterocycles. The van der Waals surface area contributed by atoms with Crippen LogP contribution >= 0.6 is 0 Å². The number of anilines is 2. The van der Waals surface area contributed by atoms with Gasteiger partial charge in [-0.15, -0.1) is 0 Å².